The Hall–Kier alpha value is -5.07. The summed E-state index contributed by atoms with van der Waals surface area (Å²) in [5, 5.41) is 0. The number of carbonyl (C=O) groups excluding carboxylic acids is 2. The van der Waals surface area contributed by atoms with E-state index in [1.54, 1.807) is 0 Å². The van der Waals surface area contributed by atoms with Gasteiger partial charge in [0.1, 0.15) is 22.9 Å². The molecule has 2 aromatic carbocycles. The molecule has 1 saturated heterocycles. The lowest BCUT2D eigenvalue weighted by Crippen LogP contribution is -2.33. The number of nitrogens with zero attached hydrogens (tertiary/aromatic N) is 5. The Morgan fingerprint density at radius 3 is 2.29 bits per heavy atom. The molecule has 16 heteroatoms. The molecule has 0 unspecified atom stereocenters. The van der Waals surface area contributed by atoms with Gasteiger partial charge in [0.2, 0.25) is 0 Å². The fourth-order valence-electron chi connectivity index (χ4n) is 3.61. The van der Waals surface area contributed by atoms with Gasteiger partial charge in [0.25, 0.3) is 0 Å². The lowest BCUT2D eigenvalue weighted by atomic mass is 10.1. The predicted octanol–water partition coefficient (Wildman–Crippen LogP) is 5.12. The van der Waals surface area contributed by atoms with Crippen LogP contribution in [-0.4, -0.2) is 47.1 Å². The van der Waals surface area contributed by atoms with E-state index in [-0.39, 0.29) is 35.9 Å². The van der Waals surface area contributed by atoms with Gasteiger partial charge in [-0.15, -0.1) is 0 Å². The first-order chi connectivity index (χ1) is 19.1. The number of halogens is 7. The van der Waals surface area contributed by atoms with Gasteiger partial charge in [-0.1, -0.05) is 0 Å². The fourth-order valence-corrected chi connectivity index (χ4v) is 3.61. The molecule has 0 radical (unpaired) electrons. The van der Waals surface area contributed by atoms with Crippen molar-refractivity contribution in [1.82, 2.24) is 14.9 Å². The molecule has 1 fully saturated rings. The largest absolute Gasteiger partial charge is 0.420 e. The van der Waals surface area contributed by atoms with Gasteiger partial charge in [-0.2, -0.15) is 26.3 Å². The third-order valence-electron chi connectivity index (χ3n) is 5.67. The molecule has 214 valence electrons. The average Bonchev–Trinajstić information content (AvgIpc) is 3.27. The molecule has 1 aliphatic rings. The van der Waals surface area contributed by atoms with E-state index < -0.39 is 59.4 Å². The van der Waals surface area contributed by atoms with Gasteiger partial charge in [0.05, 0.1) is 30.2 Å². The van der Waals surface area contributed by atoms with Crippen molar-refractivity contribution < 1.29 is 45.1 Å². The van der Waals surface area contributed by atoms with Crippen LogP contribution >= 0.6 is 0 Å². The Morgan fingerprint density at radius 1 is 1.02 bits per heavy atom. The van der Waals surface area contributed by atoms with Crippen molar-refractivity contribution in [2.24, 2.45) is 0 Å². The maximum Gasteiger partial charge on any atom is 0.420 e. The highest BCUT2D eigenvalue weighted by atomic mass is 19.4. The summed E-state index contributed by atoms with van der Waals surface area (Å²) in [5.74, 6) is 0.586. The van der Waals surface area contributed by atoms with Gasteiger partial charge in [-0.25, -0.2) is 23.9 Å². The number of alkyl halides is 6. The van der Waals surface area contributed by atoms with Crippen LogP contribution in [0.5, 0.6) is 5.75 Å². The fraction of sp³-hybridized carbons (Fsp3) is 0.200. The number of nitrogens with two attached hydrogens (primary N) is 1. The Labute approximate surface area is 226 Å². The van der Waals surface area contributed by atoms with Crippen LogP contribution in [0.1, 0.15) is 16.8 Å². The number of urea groups is 1. The summed E-state index contributed by atoms with van der Waals surface area (Å²) in [5.41, 5.74) is 0.877. The molecule has 1 aliphatic heterocycles. The van der Waals surface area contributed by atoms with E-state index in [9.17, 15) is 40.3 Å². The third kappa shape index (κ3) is 6.40. The SMILES string of the molecule is CN(C(=O)Oc1c(N2CCN(C#Cc3cnc(N)cn3)C2=O)cc(C(F)(F)F)cc1C(F)(F)F)c1ccc(F)cc1. The molecule has 41 heavy (non-hydrogen) atoms. The normalized spacial score (nSPS) is 13.6. The lowest BCUT2D eigenvalue weighted by molar-refractivity contribution is -0.143. The van der Waals surface area contributed by atoms with E-state index in [0.717, 1.165) is 36.2 Å². The van der Waals surface area contributed by atoms with E-state index in [4.69, 9.17) is 10.5 Å². The maximum atomic E-state index is 14.0. The quantitative estimate of drug-likeness (QED) is 0.340. The van der Waals surface area contributed by atoms with Crippen molar-refractivity contribution in [3.05, 3.63) is 71.4 Å². The average molecular weight is 582 g/mol. The van der Waals surface area contributed by atoms with Gasteiger partial charge < -0.3 is 10.5 Å². The minimum absolute atomic E-state index is 0.00267. The standard InChI is InChI=1S/C25H17F7N6O3/c1-36(17-4-2-15(26)3-5-17)23(40)41-21-18(25(30,31)32)10-14(24(27,28)29)11-19(21)38-9-8-37(22(38)39)7-6-16-12-35-20(33)13-34-16/h2-5,10-13H,8-9H2,1H3,(H2,33,35). The van der Waals surface area contributed by atoms with Crippen LogP contribution in [0.4, 0.5) is 57.5 Å². The van der Waals surface area contributed by atoms with Crippen molar-refractivity contribution in [2.45, 2.75) is 12.4 Å². The minimum atomic E-state index is -5.43. The monoisotopic (exact) mass is 582 g/mol. The molecule has 0 aliphatic carbocycles. The van der Waals surface area contributed by atoms with Crippen molar-refractivity contribution in [2.75, 3.05) is 35.7 Å². The van der Waals surface area contributed by atoms with E-state index in [1.165, 1.54) is 12.4 Å². The number of aromatic nitrogens is 2. The highest BCUT2D eigenvalue weighted by molar-refractivity contribution is 5.98. The van der Waals surface area contributed by atoms with Gasteiger partial charge in [0, 0.05) is 25.3 Å². The molecule has 2 N–H and O–H groups in total. The molecule has 0 spiro atoms. The zero-order valence-corrected chi connectivity index (χ0v) is 20.7. The van der Waals surface area contributed by atoms with Crippen LogP contribution in [0.3, 0.4) is 0 Å². The van der Waals surface area contributed by atoms with Gasteiger partial charge in [-0.05, 0) is 42.3 Å². The summed E-state index contributed by atoms with van der Waals surface area (Å²) in [7, 11) is 1.09. The van der Waals surface area contributed by atoms with Crippen molar-refractivity contribution in [3.8, 4) is 17.7 Å². The first-order valence-corrected chi connectivity index (χ1v) is 11.4. The molecule has 0 atom stereocenters. The molecule has 3 aromatic rings. The second-order valence-electron chi connectivity index (χ2n) is 8.42. The number of hydrogen-bond acceptors (Lipinski definition) is 6. The molecule has 4 rings (SSSR count). The summed E-state index contributed by atoms with van der Waals surface area (Å²) in [6, 6.07) is 5.58. The number of benzene rings is 2. The summed E-state index contributed by atoms with van der Waals surface area (Å²) < 4.78 is 101. The molecule has 1 aromatic heterocycles. The van der Waals surface area contributed by atoms with Gasteiger partial charge in [0.15, 0.2) is 5.75 Å². The Morgan fingerprint density at radius 2 is 1.71 bits per heavy atom. The van der Waals surface area contributed by atoms with Gasteiger partial charge >= 0.3 is 24.5 Å². The van der Waals surface area contributed by atoms with Crippen LogP contribution in [0.2, 0.25) is 0 Å². The second-order valence-corrected chi connectivity index (χ2v) is 8.42. The number of amides is 3. The topological polar surface area (TPSA) is 105 Å². The number of ether oxygens (including phenoxy) is 1. The highest BCUT2D eigenvalue weighted by Crippen LogP contribution is 2.47. The zero-order valence-electron chi connectivity index (χ0n) is 20.7. The zero-order chi connectivity index (χ0) is 30.1. The summed E-state index contributed by atoms with van der Waals surface area (Å²) in [6.45, 7) is -0.632. The molecular weight excluding hydrogens is 565 g/mol. The molecular formula is C25H17F7N6O3. The van der Waals surface area contributed by atoms with Crippen molar-refractivity contribution >= 4 is 29.3 Å². The number of carbonyl (C=O) groups is 2. The molecule has 0 bridgehead atoms. The van der Waals surface area contributed by atoms with Crippen LogP contribution in [0.25, 0.3) is 0 Å². The summed E-state index contributed by atoms with van der Waals surface area (Å²) >= 11 is 0. The molecule has 3 amide bonds. The summed E-state index contributed by atoms with van der Waals surface area (Å²) in [6.07, 6.45) is -9.76. The van der Waals surface area contributed by atoms with Gasteiger partial charge in [-0.3, -0.25) is 14.7 Å². The maximum absolute atomic E-state index is 14.0. The Kier molecular flexibility index (Phi) is 7.64. The number of anilines is 3. The van der Waals surface area contributed by atoms with Crippen LogP contribution in [-0.2, 0) is 12.4 Å². The van der Waals surface area contributed by atoms with E-state index in [2.05, 4.69) is 21.9 Å². The number of nitrogen functional groups attached to an aromatic ring is 1. The Bertz CT molecular complexity index is 1530. The molecule has 0 saturated carbocycles. The van der Waals surface area contributed by atoms with E-state index in [1.807, 2.05) is 0 Å². The van der Waals surface area contributed by atoms with Crippen molar-refractivity contribution in [3.63, 3.8) is 0 Å². The number of hydrogen-bond donors (Lipinski definition) is 1. The van der Waals surface area contributed by atoms with Crippen LogP contribution < -0.4 is 20.3 Å². The minimum Gasteiger partial charge on any atom is -0.407 e. The van der Waals surface area contributed by atoms with Crippen molar-refractivity contribution in [1.29, 1.82) is 0 Å². The second kappa shape index (κ2) is 10.8. The first-order valence-electron chi connectivity index (χ1n) is 11.4. The van der Waals surface area contributed by atoms with E-state index in [0.29, 0.717) is 9.80 Å². The van der Waals surface area contributed by atoms with Crippen LogP contribution in [0, 0.1) is 17.8 Å². The number of rotatable bonds is 3. The predicted molar refractivity (Wildman–Crippen MR) is 130 cm³/mol. The lowest BCUT2D eigenvalue weighted by Gasteiger charge is -2.25. The summed E-state index contributed by atoms with van der Waals surface area (Å²) in [4.78, 5) is 35.6. The third-order valence-corrected chi connectivity index (χ3v) is 5.67. The molecule has 2 heterocycles. The highest BCUT2D eigenvalue weighted by Gasteiger charge is 2.44. The van der Waals surface area contributed by atoms with Crippen LogP contribution in [0.15, 0.2) is 48.8 Å². The first kappa shape index (κ1) is 28.9. The smallest absolute Gasteiger partial charge is 0.407 e. The Balaban J connectivity index is 1.76. The molecule has 9 nitrogen and oxygen atoms in total. The van der Waals surface area contributed by atoms with E-state index >= 15 is 0 Å².